The molecule has 0 saturated carbocycles. The number of hydrogen-bond acceptors (Lipinski definition) is 0. The summed E-state index contributed by atoms with van der Waals surface area (Å²) < 4.78 is 0. The zero-order chi connectivity index (χ0) is 26.5. The number of rotatable bonds is 5. The van der Waals surface area contributed by atoms with E-state index >= 15 is 0 Å². The third-order valence-electron chi connectivity index (χ3n) is 8.97. The molecular weight excluding hydrogens is 599 g/mol. The van der Waals surface area contributed by atoms with Crippen LogP contribution in [0.25, 0.3) is 44.8 Å². The van der Waals surface area contributed by atoms with Gasteiger partial charge in [-0.05, 0) is 78.9 Å². The minimum absolute atomic E-state index is 0. The number of benzene rings is 6. The van der Waals surface area contributed by atoms with E-state index in [9.17, 15) is 0 Å². The zero-order valence-electron chi connectivity index (χ0n) is 23.7. The van der Waals surface area contributed by atoms with Crippen LogP contribution in [0.2, 0.25) is 0 Å². The van der Waals surface area contributed by atoms with Crippen molar-refractivity contribution in [2.24, 2.45) is 0 Å². The molecule has 0 radical (unpaired) electrons. The Balaban J connectivity index is 0.00000123. The molecule has 6 aromatic rings. The van der Waals surface area contributed by atoms with Gasteiger partial charge in [0.1, 0.15) is 0 Å². The second kappa shape index (κ2) is 13.1. The fourth-order valence-corrected chi connectivity index (χ4v) is 7.04. The molecule has 0 nitrogen and oxygen atoms in total. The van der Waals surface area contributed by atoms with Gasteiger partial charge in [0.15, 0.2) is 0 Å². The smallest absolute Gasteiger partial charge is 0.00678 e. The Kier molecular flexibility index (Phi) is 9.45. The van der Waals surface area contributed by atoms with Crippen molar-refractivity contribution >= 4 is 58.5 Å². The van der Waals surface area contributed by atoms with Crippen molar-refractivity contribution in [3.05, 3.63) is 167 Å². The SMILES string of the molecule is C1=CC(Cc2ccc3ccccc3c2-c2c(C[C@@H]3C=Cc4ccccc43)ccc3ccccc23)c2ccccc21.Cl.Cl.[Ti]. The van der Waals surface area contributed by atoms with E-state index in [1.165, 1.54) is 66.1 Å². The summed E-state index contributed by atoms with van der Waals surface area (Å²) in [7, 11) is 0. The van der Waals surface area contributed by atoms with E-state index in [4.69, 9.17) is 0 Å². The summed E-state index contributed by atoms with van der Waals surface area (Å²) in [6, 6.07) is 45.0. The van der Waals surface area contributed by atoms with E-state index in [0.717, 1.165) is 12.8 Å². The summed E-state index contributed by atoms with van der Waals surface area (Å²) in [5, 5.41) is 5.28. The Labute approximate surface area is 281 Å². The van der Waals surface area contributed by atoms with Crippen molar-refractivity contribution in [1.82, 2.24) is 0 Å². The predicted octanol–water partition coefficient (Wildman–Crippen LogP) is 11.2. The molecule has 43 heavy (non-hydrogen) atoms. The van der Waals surface area contributed by atoms with E-state index in [1.54, 1.807) is 0 Å². The van der Waals surface area contributed by atoms with E-state index in [0.29, 0.717) is 11.8 Å². The topological polar surface area (TPSA) is 0 Å². The Morgan fingerprint density at radius 1 is 0.419 bits per heavy atom. The van der Waals surface area contributed by atoms with Gasteiger partial charge in [0.2, 0.25) is 0 Å². The molecule has 8 rings (SSSR count). The molecule has 0 fully saturated rings. The van der Waals surface area contributed by atoms with Crippen LogP contribution in [0.1, 0.15) is 45.2 Å². The van der Waals surface area contributed by atoms with Gasteiger partial charge in [-0.3, -0.25) is 0 Å². The molecular formula is C40H32Cl2Ti. The molecule has 1 unspecified atom stereocenters. The Bertz CT molecular complexity index is 1840. The molecule has 2 atom stereocenters. The van der Waals surface area contributed by atoms with Crippen LogP contribution in [0, 0.1) is 0 Å². The monoisotopic (exact) mass is 630 g/mol. The van der Waals surface area contributed by atoms with Crippen LogP contribution < -0.4 is 0 Å². The molecule has 210 valence electrons. The third-order valence-corrected chi connectivity index (χ3v) is 8.97. The summed E-state index contributed by atoms with van der Waals surface area (Å²) in [5.74, 6) is 0.776. The normalized spacial score (nSPS) is 15.8. The van der Waals surface area contributed by atoms with Gasteiger partial charge in [-0.2, -0.15) is 0 Å². The molecule has 6 aromatic carbocycles. The average molecular weight is 631 g/mol. The van der Waals surface area contributed by atoms with E-state index in [-0.39, 0.29) is 46.5 Å². The molecule has 0 saturated heterocycles. The average Bonchev–Trinajstić information content (AvgIpc) is 3.61. The van der Waals surface area contributed by atoms with Crippen LogP contribution in [0.15, 0.2) is 133 Å². The summed E-state index contributed by atoms with van der Waals surface area (Å²) in [6.07, 6.45) is 11.4. The molecule has 2 aliphatic carbocycles. The van der Waals surface area contributed by atoms with Crippen molar-refractivity contribution in [1.29, 1.82) is 0 Å². The van der Waals surface area contributed by atoms with Crippen molar-refractivity contribution in [3.8, 4) is 11.1 Å². The summed E-state index contributed by atoms with van der Waals surface area (Å²) in [5.41, 5.74) is 11.2. The first kappa shape index (κ1) is 31.1. The summed E-state index contributed by atoms with van der Waals surface area (Å²) >= 11 is 0. The second-order valence-corrected chi connectivity index (χ2v) is 11.2. The van der Waals surface area contributed by atoms with Gasteiger partial charge >= 0.3 is 0 Å². The standard InChI is InChI=1S/C40H30.2ClH.Ti/c1-5-13-35-27(9-1)17-21-31(35)25-33-23-19-29-11-3-7-15-37(29)39(33)40-34(24-20-30-12-4-8-16-38(30)40)26-32-22-18-28-10-2-6-14-36(28)32;;;/h1-24,31-32H,25-26H2;2*1H;/t31-,32?;;;/m0.../s1. The zero-order valence-corrected chi connectivity index (χ0v) is 26.9. The molecule has 2 aliphatic rings. The third kappa shape index (κ3) is 5.55. The number of allylic oxidation sites excluding steroid dienone is 2. The van der Waals surface area contributed by atoms with Crippen LogP contribution in [0.5, 0.6) is 0 Å². The maximum atomic E-state index is 2.40. The van der Waals surface area contributed by atoms with E-state index < -0.39 is 0 Å². The van der Waals surface area contributed by atoms with Gasteiger partial charge in [0.05, 0.1) is 0 Å². The number of fused-ring (bicyclic) bond motifs is 4. The van der Waals surface area contributed by atoms with Gasteiger partial charge in [0, 0.05) is 33.6 Å². The van der Waals surface area contributed by atoms with Crippen molar-refractivity contribution in [3.63, 3.8) is 0 Å². The molecule has 0 aromatic heterocycles. The fraction of sp³-hybridized carbons (Fsp3) is 0.100. The fourth-order valence-electron chi connectivity index (χ4n) is 7.04. The summed E-state index contributed by atoms with van der Waals surface area (Å²) in [6.45, 7) is 0. The quantitative estimate of drug-likeness (QED) is 0.166. The number of halogens is 2. The van der Waals surface area contributed by atoms with Gasteiger partial charge in [-0.25, -0.2) is 0 Å². The molecule has 3 heteroatoms. The van der Waals surface area contributed by atoms with Crippen molar-refractivity contribution in [2.45, 2.75) is 24.7 Å². The molecule has 0 bridgehead atoms. The predicted molar refractivity (Wildman–Crippen MR) is 185 cm³/mol. The maximum Gasteiger partial charge on any atom is 0.00678 e. The van der Waals surface area contributed by atoms with E-state index in [1.807, 2.05) is 0 Å². The van der Waals surface area contributed by atoms with Crippen LogP contribution in [-0.2, 0) is 34.6 Å². The van der Waals surface area contributed by atoms with E-state index in [2.05, 4.69) is 146 Å². The van der Waals surface area contributed by atoms with Crippen molar-refractivity contribution in [2.75, 3.05) is 0 Å². The minimum Gasteiger partial charge on any atom is -0.147 e. The summed E-state index contributed by atoms with van der Waals surface area (Å²) in [4.78, 5) is 0. The maximum absolute atomic E-state index is 2.40. The minimum atomic E-state index is 0. The van der Waals surface area contributed by atoms with Crippen LogP contribution in [0.3, 0.4) is 0 Å². The van der Waals surface area contributed by atoms with Crippen molar-refractivity contribution < 1.29 is 21.7 Å². The Hall–Kier alpha value is -3.39. The largest absolute Gasteiger partial charge is 0.147 e. The van der Waals surface area contributed by atoms with Gasteiger partial charge in [-0.1, -0.05) is 146 Å². The van der Waals surface area contributed by atoms with Gasteiger partial charge < -0.3 is 0 Å². The number of hydrogen-bond donors (Lipinski definition) is 0. The van der Waals surface area contributed by atoms with Crippen LogP contribution >= 0.6 is 24.8 Å². The first-order valence-corrected chi connectivity index (χ1v) is 14.4. The first-order chi connectivity index (χ1) is 19.8. The second-order valence-electron chi connectivity index (χ2n) is 11.2. The molecule has 0 aliphatic heterocycles. The van der Waals surface area contributed by atoms with Crippen LogP contribution in [-0.4, -0.2) is 0 Å². The Morgan fingerprint density at radius 2 is 0.814 bits per heavy atom. The molecule has 0 spiro atoms. The van der Waals surface area contributed by atoms with Gasteiger partial charge in [-0.15, -0.1) is 24.8 Å². The molecule has 0 amide bonds. The molecule has 0 heterocycles. The Morgan fingerprint density at radius 3 is 1.28 bits per heavy atom. The van der Waals surface area contributed by atoms with Gasteiger partial charge in [0.25, 0.3) is 0 Å². The first-order valence-electron chi connectivity index (χ1n) is 14.4. The van der Waals surface area contributed by atoms with Crippen LogP contribution in [0.4, 0.5) is 0 Å². The molecule has 0 N–H and O–H groups in total.